The first-order valence-electron chi connectivity index (χ1n) is 11.1. The lowest BCUT2D eigenvalue weighted by atomic mass is 9.93. The molecule has 35 heavy (non-hydrogen) atoms. The third-order valence-corrected chi connectivity index (χ3v) is 8.28. The van der Waals surface area contributed by atoms with Crippen molar-refractivity contribution >= 4 is 32.3 Å². The Balaban J connectivity index is 1.67. The van der Waals surface area contributed by atoms with Crippen LogP contribution in [0.3, 0.4) is 0 Å². The van der Waals surface area contributed by atoms with Crippen molar-refractivity contribution in [2.24, 2.45) is 5.92 Å². The van der Waals surface area contributed by atoms with Crippen molar-refractivity contribution in [1.29, 1.82) is 0 Å². The lowest BCUT2D eigenvalue weighted by Crippen LogP contribution is -2.08. The van der Waals surface area contributed by atoms with E-state index in [0.717, 1.165) is 17.2 Å². The number of aryl methyl sites for hydroxylation is 3. The molecule has 6 nitrogen and oxygen atoms in total. The fourth-order valence-electron chi connectivity index (χ4n) is 4.58. The van der Waals surface area contributed by atoms with Gasteiger partial charge in [0.1, 0.15) is 0 Å². The van der Waals surface area contributed by atoms with E-state index in [1.54, 1.807) is 6.07 Å². The van der Waals surface area contributed by atoms with Crippen molar-refractivity contribution in [2.45, 2.75) is 57.5 Å². The Hall–Kier alpha value is -3.14. The van der Waals surface area contributed by atoms with Crippen molar-refractivity contribution in [3.8, 4) is 0 Å². The highest BCUT2D eigenvalue weighted by molar-refractivity contribution is 7.96. The topological polar surface area (TPSA) is 97.5 Å². The number of carboxylic acid groups (broad SMARTS) is 1. The first kappa shape index (κ1) is 25.0. The van der Waals surface area contributed by atoms with Gasteiger partial charge in [-0.1, -0.05) is 25.1 Å². The van der Waals surface area contributed by atoms with Crippen molar-refractivity contribution in [2.75, 3.05) is 0 Å². The second-order valence-electron chi connectivity index (χ2n) is 9.00. The highest BCUT2D eigenvalue weighted by Gasteiger charge is 2.39. The summed E-state index contributed by atoms with van der Waals surface area (Å²) in [6, 6.07) is 6.45. The molecule has 1 aromatic heterocycles. The number of aliphatic carboxylic acids is 1. The van der Waals surface area contributed by atoms with Crippen molar-refractivity contribution in [3.05, 3.63) is 63.2 Å². The second kappa shape index (κ2) is 8.82. The van der Waals surface area contributed by atoms with Gasteiger partial charge in [-0.3, -0.25) is 4.79 Å². The highest BCUT2D eigenvalue weighted by atomic mass is 32.2. The summed E-state index contributed by atoms with van der Waals surface area (Å²) in [5, 5.41) is 13.7. The maximum Gasteiger partial charge on any atom is 0.416 e. The summed E-state index contributed by atoms with van der Waals surface area (Å²) < 4.78 is 71.7. The molecule has 4 rings (SSSR count). The third-order valence-electron chi connectivity index (χ3n) is 6.29. The molecule has 1 N–H and O–H groups in total. The molecule has 0 saturated heterocycles. The molecule has 0 atom stereocenters. The maximum atomic E-state index is 13.3. The number of fused-ring (bicyclic) bond motifs is 2. The van der Waals surface area contributed by atoms with Gasteiger partial charge in [0.15, 0.2) is 5.58 Å². The van der Waals surface area contributed by atoms with E-state index in [4.69, 9.17) is 9.63 Å². The molecule has 2 aromatic carbocycles. The first-order valence-corrected chi connectivity index (χ1v) is 12.6. The molecule has 0 unspecified atom stereocenters. The third kappa shape index (κ3) is 4.59. The maximum absolute atomic E-state index is 13.3. The zero-order valence-corrected chi connectivity index (χ0v) is 20.2. The molecule has 0 fully saturated rings. The number of allylic oxidation sites excluding steroid dienone is 2. The monoisotopic (exact) mass is 507 g/mol. The van der Waals surface area contributed by atoms with E-state index in [1.807, 2.05) is 26.8 Å². The van der Waals surface area contributed by atoms with Gasteiger partial charge >= 0.3 is 12.1 Å². The molecule has 0 saturated carbocycles. The van der Waals surface area contributed by atoms with E-state index >= 15 is 0 Å². The number of hydrogen-bond donors (Lipinski definition) is 1. The molecule has 1 aliphatic heterocycles. The number of carboxylic acids is 1. The Morgan fingerprint density at radius 1 is 1.11 bits per heavy atom. The van der Waals surface area contributed by atoms with Crippen LogP contribution in [0.2, 0.25) is 0 Å². The molecular weight excluding hydrogens is 483 g/mol. The van der Waals surface area contributed by atoms with Crippen LogP contribution in [0, 0.1) is 12.8 Å². The van der Waals surface area contributed by atoms with Crippen molar-refractivity contribution in [1.82, 2.24) is 5.16 Å². The minimum Gasteiger partial charge on any atom is -0.481 e. The molecule has 186 valence electrons. The number of alkyl halides is 3. The summed E-state index contributed by atoms with van der Waals surface area (Å²) in [5.41, 5.74) is 2.52. The zero-order valence-electron chi connectivity index (χ0n) is 19.4. The number of benzene rings is 2. The molecule has 0 aliphatic carbocycles. The minimum absolute atomic E-state index is 0.0199. The summed E-state index contributed by atoms with van der Waals surface area (Å²) in [6.45, 7) is 5.47. The standard InChI is InChI=1S/C25H24F3NO5S/c1-13(2)24-17-6-5-16(25(26,27)28)12-22(17)35(32,33)21(24)8-7-19-18-10-14(3)15(4-9-23(30)31)11-20(18)34-29-19/h5-6,10-13H,4,7-9H2,1-3H3,(H,30,31). The fraction of sp³-hybridized carbons (Fsp3) is 0.360. The van der Waals surface area contributed by atoms with Gasteiger partial charge in [0.05, 0.1) is 21.1 Å². The normalized spacial score (nSPS) is 15.3. The van der Waals surface area contributed by atoms with Crippen LogP contribution in [0.4, 0.5) is 13.2 Å². The summed E-state index contributed by atoms with van der Waals surface area (Å²) in [5.74, 6) is -1.12. The number of carbonyl (C=O) groups is 1. The van der Waals surface area contributed by atoms with Gasteiger partial charge in [-0.25, -0.2) is 8.42 Å². The second-order valence-corrected chi connectivity index (χ2v) is 10.9. The molecular formula is C25H24F3NO5S. The summed E-state index contributed by atoms with van der Waals surface area (Å²) in [7, 11) is -4.09. The van der Waals surface area contributed by atoms with Gasteiger partial charge < -0.3 is 9.63 Å². The zero-order chi connectivity index (χ0) is 25.7. The van der Waals surface area contributed by atoms with Gasteiger partial charge in [0, 0.05) is 11.8 Å². The molecule has 0 spiro atoms. The fourth-order valence-corrected chi connectivity index (χ4v) is 6.60. The molecule has 10 heteroatoms. The Morgan fingerprint density at radius 2 is 1.83 bits per heavy atom. The smallest absolute Gasteiger partial charge is 0.416 e. The molecule has 3 aromatic rings. The van der Waals surface area contributed by atoms with E-state index in [9.17, 15) is 26.4 Å². The average molecular weight is 508 g/mol. The summed E-state index contributed by atoms with van der Waals surface area (Å²) >= 11 is 0. The van der Waals surface area contributed by atoms with E-state index in [1.165, 1.54) is 6.07 Å². The number of sulfone groups is 1. The van der Waals surface area contributed by atoms with E-state index < -0.39 is 27.5 Å². The first-order chi connectivity index (χ1) is 16.3. The van der Waals surface area contributed by atoms with E-state index in [-0.39, 0.29) is 35.0 Å². The highest BCUT2D eigenvalue weighted by Crippen LogP contribution is 2.46. The average Bonchev–Trinajstić information content (AvgIpc) is 3.24. The number of hydrogen-bond acceptors (Lipinski definition) is 5. The van der Waals surface area contributed by atoms with Crippen molar-refractivity contribution in [3.63, 3.8) is 0 Å². The van der Waals surface area contributed by atoms with Crippen LogP contribution in [-0.4, -0.2) is 24.7 Å². The number of halogens is 3. The number of aromatic nitrogens is 1. The Bertz CT molecular complexity index is 1470. The molecule has 1 aliphatic rings. The van der Waals surface area contributed by atoms with Crippen LogP contribution in [0.5, 0.6) is 0 Å². The quantitative estimate of drug-likeness (QED) is 0.424. The molecule has 0 bridgehead atoms. The van der Waals surface area contributed by atoms with Gasteiger partial charge in [-0.05, 0) is 78.6 Å². The van der Waals surface area contributed by atoms with Crippen LogP contribution < -0.4 is 0 Å². The molecule has 0 amide bonds. The predicted octanol–water partition coefficient (Wildman–Crippen LogP) is 5.96. The van der Waals surface area contributed by atoms with Gasteiger partial charge in [0.25, 0.3) is 0 Å². The number of rotatable bonds is 7. The predicted molar refractivity (Wildman–Crippen MR) is 123 cm³/mol. The van der Waals surface area contributed by atoms with Gasteiger partial charge in [-0.2, -0.15) is 13.2 Å². The summed E-state index contributed by atoms with van der Waals surface area (Å²) in [6.07, 6.45) is -4.05. The van der Waals surface area contributed by atoms with Crippen LogP contribution in [0.25, 0.3) is 16.5 Å². The lowest BCUT2D eigenvalue weighted by Gasteiger charge is -2.11. The van der Waals surface area contributed by atoms with Crippen LogP contribution in [0.1, 0.15) is 54.6 Å². The Labute approximate surface area is 200 Å². The number of nitrogens with zero attached hydrogens (tertiary/aromatic N) is 1. The lowest BCUT2D eigenvalue weighted by molar-refractivity contribution is -0.138. The van der Waals surface area contributed by atoms with Crippen LogP contribution in [-0.2, 0) is 33.6 Å². The van der Waals surface area contributed by atoms with Gasteiger partial charge in [0.2, 0.25) is 9.84 Å². The Morgan fingerprint density at radius 3 is 2.46 bits per heavy atom. The Kier molecular flexibility index (Phi) is 6.29. The largest absolute Gasteiger partial charge is 0.481 e. The van der Waals surface area contributed by atoms with Crippen molar-refractivity contribution < 1.29 is 36.0 Å². The minimum atomic E-state index is -4.65. The van der Waals surface area contributed by atoms with Crippen LogP contribution in [0.15, 0.2) is 44.7 Å². The van der Waals surface area contributed by atoms with E-state index in [0.29, 0.717) is 40.3 Å². The molecule has 0 radical (unpaired) electrons. The SMILES string of the molecule is Cc1cc2c(CCC3=C(C(C)C)c4ccc(C(F)(F)F)cc4S3(=O)=O)noc2cc1CCC(=O)O. The summed E-state index contributed by atoms with van der Waals surface area (Å²) in [4.78, 5) is 10.7. The molecule has 2 heterocycles. The van der Waals surface area contributed by atoms with E-state index in [2.05, 4.69) is 5.16 Å². The van der Waals surface area contributed by atoms with Crippen LogP contribution >= 0.6 is 0 Å². The van der Waals surface area contributed by atoms with Gasteiger partial charge in [-0.15, -0.1) is 0 Å².